The minimum Gasteiger partial charge on any atom is -0.396 e. The van der Waals surface area contributed by atoms with E-state index in [9.17, 15) is 14.3 Å². The molecule has 0 bridgehead atoms. The topological polar surface area (TPSA) is 73.2 Å². The van der Waals surface area contributed by atoms with Gasteiger partial charge in [0.15, 0.2) is 0 Å². The molecule has 0 amide bonds. The lowest BCUT2D eigenvalue weighted by molar-refractivity contribution is 0.0662. The maximum Gasteiger partial charge on any atom is 0.328 e. The SMILES string of the molecule is Cn1c(=O)n(CCC(C)(C)O)c2cc(N)c(F)cc21. The van der Waals surface area contributed by atoms with Gasteiger partial charge in [0, 0.05) is 19.7 Å². The predicted molar refractivity (Wildman–Crippen MR) is 72.5 cm³/mol. The molecule has 0 aliphatic heterocycles. The maximum absolute atomic E-state index is 13.5. The van der Waals surface area contributed by atoms with Gasteiger partial charge in [-0.3, -0.25) is 9.13 Å². The van der Waals surface area contributed by atoms with Crippen molar-refractivity contribution in [3.63, 3.8) is 0 Å². The van der Waals surface area contributed by atoms with E-state index >= 15 is 0 Å². The average Bonchev–Trinajstić information content (AvgIpc) is 2.51. The summed E-state index contributed by atoms with van der Waals surface area (Å²) in [5, 5.41) is 9.74. The van der Waals surface area contributed by atoms with Crippen LogP contribution in [0.3, 0.4) is 0 Å². The molecule has 0 spiro atoms. The zero-order valence-corrected chi connectivity index (χ0v) is 11.3. The summed E-state index contributed by atoms with van der Waals surface area (Å²) in [5.41, 5.74) is 5.51. The summed E-state index contributed by atoms with van der Waals surface area (Å²) in [7, 11) is 1.58. The molecule has 1 aromatic heterocycles. The Morgan fingerprint density at radius 3 is 2.58 bits per heavy atom. The Morgan fingerprint density at radius 1 is 1.37 bits per heavy atom. The maximum atomic E-state index is 13.5. The monoisotopic (exact) mass is 267 g/mol. The van der Waals surface area contributed by atoms with E-state index in [4.69, 9.17) is 5.73 Å². The van der Waals surface area contributed by atoms with Gasteiger partial charge in [0.1, 0.15) is 5.82 Å². The molecule has 2 aromatic rings. The van der Waals surface area contributed by atoms with Crippen molar-refractivity contribution in [3.05, 3.63) is 28.4 Å². The highest BCUT2D eigenvalue weighted by atomic mass is 19.1. The second-order valence-electron chi connectivity index (χ2n) is 5.42. The number of anilines is 1. The standard InChI is InChI=1S/C13H18FN3O2/c1-13(2,19)4-5-17-11-7-9(15)8(14)6-10(11)16(3)12(17)18/h6-7,19H,4-5,15H2,1-3H3. The van der Waals surface area contributed by atoms with Crippen molar-refractivity contribution in [1.82, 2.24) is 9.13 Å². The zero-order chi connectivity index (χ0) is 14.4. The van der Waals surface area contributed by atoms with Crippen LogP contribution in [0.2, 0.25) is 0 Å². The van der Waals surface area contributed by atoms with Gasteiger partial charge < -0.3 is 10.8 Å². The van der Waals surface area contributed by atoms with Crippen molar-refractivity contribution in [1.29, 1.82) is 0 Å². The van der Waals surface area contributed by atoms with Gasteiger partial charge in [-0.15, -0.1) is 0 Å². The Balaban J connectivity index is 2.58. The second-order valence-corrected chi connectivity index (χ2v) is 5.42. The molecule has 0 radical (unpaired) electrons. The Hall–Kier alpha value is -1.82. The number of imidazole rings is 1. The number of nitrogen functional groups attached to an aromatic ring is 1. The van der Waals surface area contributed by atoms with Crippen molar-refractivity contribution in [2.45, 2.75) is 32.4 Å². The molecule has 5 nitrogen and oxygen atoms in total. The highest BCUT2D eigenvalue weighted by molar-refractivity contribution is 5.80. The van der Waals surface area contributed by atoms with E-state index in [2.05, 4.69) is 0 Å². The first-order valence-electron chi connectivity index (χ1n) is 6.07. The molecule has 1 aromatic carbocycles. The number of rotatable bonds is 3. The molecule has 3 N–H and O–H groups in total. The minimum absolute atomic E-state index is 0.00936. The number of aromatic nitrogens is 2. The van der Waals surface area contributed by atoms with E-state index < -0.39 is 11.4 Å². The molecular formula is C13H18FN3O2. The predicted octanol–water partition coefficient (Wildman–Crippen LogP) is 1.22. The van der Waals surface area contributed by atoms with Crippen molar-refractivity contribution in [3.8, 4) is 0 Å². The Labute approximate surface area is 110 Å². The molecule has 0 atom stereocenters. The van der Waals surface area contributed by atoms with E-state index in [0.717, 1.165) is 0 Å². The fraction of sp³-hybridized carbons (Fsp3) is 0.462. The number of aryl methyl sites for hydroxylation is 2. The van der Waals surface area contributed by atoms with E-state index in [1.165, 1.54) is 21.3 Å². The molecule has 1 heterocycles. The summed E-state index contributed by atoms with van der Waals surface area (Å²) in [4.78, 5) is 12.1. The summed E-state index contributed by atoms with van der Waals surface area (Å²) in [6.45, 7) is 3.71. The van der Waals surface area contributed by atoms with Gasteiger partial charge in [-0.25, -0.2) is 9.18 Å². The van der Waals surface area contributed by atoms with Crippen LogP contribution in [-0.2, 0) is 13.6 Å². The van der Waals surface area contributed by atoms with Crippen LogP contribution < -0.4 is 11.4 Å². The Morgan fingerprint density at radius 2 is 2.00 bits per heavy atom. The summed E-state index contributed by atoms with van der Waals surface area (Å²) in [6.07, 6.45) is 0.420. The fourth-order valence-corrected chi connectivity index (χ4v) is 2.04. The van der Waals surface area contributed by atoms with Crippen molar-refractivity contribution < 1.29 is 9.50 Å². The van der Waals surface area contributed by atoms with E-state index in [0.29, 0.717) is 24.0 Å². The summed E-state index contributed by atoms with van der Waals surface area (Å²) >= 11 is 0. The van der Waals surface area contributed by atoms with Crippen molar-refractivity contribution in [2.75, 3.05) is 5.73 Å². The van der Waals surface area contributed by atoms with Gasteiger partial charge in [-0.05, 0) is 26.3 Å². The van der Waals surface area contributed by atoms with Crippen LogP contribution in [0.5, 0.6) is 0 Å². The van der Waals surface area contributed by atoms with Gasteiger partial charge in [0.25, 0.3) is 0 Å². The number of benzene rings is 1. The average molecular weight is 267 g/mol. The van der Waals surface area contributed by atoms with Gasteiger partial charge in [-0.2, -0.15) is 0 Å². The van der Waals surface area contributed by atoms with Gasteiger partial charge >= 0.3 is 5.69 Å². The number of halogens is 1. The van der Waals surface area contributed by atoms with E-state index in [1.807, 2.05) is 0 Å². The van der Waals surface area contributed by atoms with Crippen LogP contribution >= 0.6 is 0 Å². The number of aliphatic hydroxyl groups is 1. The summed E-state index contributed by atoms with van der Waals surface area (Å²) < 4.78 is 16.3. The van der Waals surface area contributed by atoms with E-state index in [-0.39, 0.29) is 11.4 Å². The molecule has 104 valence electrons. The molecule has 0 aliphatic rings. The minimum atomic E-state index is -0.868. The van der Waals surface area contributed by atoms with Gasteiger partial charge in [-0.1, -0.05) is 0 Å². The molecule has 0 aliphatic carbocycles. The largest absolute Gasteiger partial charge is 0.396 e. The first kappa shape index (κ1) is 13.6. The summed E-state index contributed by atoms with van der Waals surface area (Å²) in [5.74, 6) is -0.539. The molecule has 0 saturated heterocycles. The molecular weight excluding hydrogens is 249 g/mol. The van der Waals surface area contributed by atoms with E-state index in [1.54, 1.807) is 20.9 Å². The quantitative estimate of drug-likeness (QED) is 0.821. The Kier molecular flexibility index (Phi) is 3.14. The number of hydrogen-bond acceptors (Lipinski definition) is 3. The number of fused-ring (bicyclic) bond motifs is 1. The normalized spacial score (nSPS) is 12.3. The molecule has 0 unspecified atom stereocenters. The smallest absolute Gasteiger partial charge is 0.328 e. The number of hydrogen-bond donors (Lipinski definition) is 2. The van der Waals surface area contributed by atoms with Crippen molar-refractivity contribution >= 4 is 16.7 Å². The lowest BCUT2D eigenvalue weighted by Gasteiger charge is -2.16. The number of nitrogens with zero attached hydrogens (tertiary/aromatic N) is 2. The highest BCUT2D eigenvalue weighted by Gasteiger charge is 2.17. The fourth-order valence-electron chi connectivity index (χ4n) is 2.04. The molecule has 6 heteroatoms. The van der Waals surface area contributed by atoms with Crippen LogP contribution in [0.4, 0.5) is 10.1 Å². The van der Waals surface area contributed by atoms with Crippen LogP contribution in [0, 0.1) is 5.82 Å². The molecule has 19 heavy (non-hydrogen) atoms. The second kappa shape index (κ2) is 4.38. The lowest BCUT2D eigenvalue weighted by atomic mass is 10.1. The lowest BCUT2D eigenvalue weighted by Crippen LogP contribution is -2.27. The van der Waals surface area contributed by atoms with Crippen LogP contribution in [-0.4, -0.2) is 19.8 Å². The Bertz CT molecular complexity index is 680. The third kappa shape index (κ3) is 2.49. The zero-order valence-electron chi connectivity index (χ0n) is 11.3. The molecule has 2 rings (SSSR count). The first-order valence-corrected chi connectivity index (χ1v) is 6.07. The first-order chi connectivity index (χ1) is 8.70. The van der Waals surface area contributed by atoms with Crippen LogP contribution in [0.1, 0.15) is 20.3 Å². The third-order valence-electron chi connectivity index (χ3n) is 3.21. The molecule has 0 fully saturated rings. The third-order valence-corrected chi connectivity index (χ3v) is 3.21. The van der Waals surface area contributed by atoms with Gasteiger partial charge in [0.05, 0.1) is 22.3 Å². The van der Waals surface area contributed by atoms with Crippen LogP contribution in [0.15, 0.2) is 16.9 Å². The summed E-state index contributed by atoms with van der Waals surface area (Å²) in [6, 6.07) is 2.71. The molecule has 0 saturated carbocycles. The number of nitrogens with two attached hydrogens (primary N) is 1. The van der Waals surface area contributed by atoms with Crippen LogP contribution in [0.25, 0.3) is 11.0 Å². The highest BCUT2D eigenvalue weighted by Crippen LogP contribution is 2.21. The van der Waals surface area contributed by atoms with Crippen molar-refractivity contribution in [2.24, 2.45) is 7.05 Å². The van der Waals surface area contributed by atoms with Gasteiger partial charge in [0.2, 0.25) is 0 Å².